The van der Waals surface area contributed by atoms with Gasteiger partial charge in [0, 0.05) is 24.2 Å². The molecular formula is C20H25ClN2O3S. The number of sulfonamides is 1. The zero-order valence-corrected chi connectivity index (χ0v) is 17.6. The molecule has 1 N–H and O–H groups in total. The molecule has 0 fully saturated rings. The van der Waals surface area contributed by atoms with Gasteiger partial charge in [0.05, 0.1) is 10.6 Å². The molecule has 2 rings (SSSR count). The van der Waals surface area contributed by atoms with Crippen LogP contribution in [0.2, 0.25) is 5.02 Å². The van der Waals surface area contributed by atoms with Gasteiger partial charge in [0.2, 0.25) is 0 Å². The fourth-order valence-electron chi connectivity index (χ4n) is 2.56. The molecule has 0 radical (unpaired) electrons. The fraction of sp³-hybridized carbons (Fsp3) is 0.350. The van der Waals surface area contributed by atoms with Crippen LogP contribution in [0.15, 0.2) is 47.4 Å². The van der Waals surface area contributed by atoms with Crippen molar-refractivity contribution in [3.63, 3.8) is 0 Å². The second kappa shape index (κ2) is 8.76. The van der Waals surface area contributed by atoms with Crippen LogP contribution in [0.25, 0.3) is 0 Å². The van der Waals surface area contributed by atoms with Gasteiger partial charge in [0.15, 0.2) is 0 Å². The Hall–Kier alpha value is -2.05. The van der Waals surface area contributed by atoms with Crippen molar-refractivity contribution in [1.82, 2.24) is 5.32 Å². The van der Waals surface area contributed by atoms with Crippen molar-refractivity contribution in [3.8, 4) is 0 Å². The number of halogens is 1. The Morgan fingerprint density at radius 2 is 1.78 bits per heavy atom. The highest BCUT2D eigenvalue weighted by molar-refractivity contribution is 7.92. The van der Waals surface area contributed by atoms with Crippen LogP contribution in [-0.4, -0.2) is 27.9 Å². The van der Waals surface area contributed by atoms with E-state index >= 15 is 0 Å². The number of nitrogens with zero attached hydrogens (tertiary/aromatic N) is 1. The molecule has 2 aromatic rings. The molecule has 2 aromatic carbocycles. The first-order valence-corrected chi connectivity index (χ1v) is 10.6. The largest absolute Gasteiger partial charge is 0.352 e. The number of nitrogens with one attached hydrogen (secondary N) is 1. The summed E-state index contributed by atoms with van der Waals surface area (Å²) in [4.78, 5) is 12.5. The van der Waals surface area contributed by atoms with E-state index in [9.17, 15) is 13.2 Å². The zero-order chi connectivity index (χ0) is 20.2. The molecule has 0 atom stereocenters. The number of carbonyl (C=O) groups is 1. The van der Waals surface area contributed by atoms with Crippen molar-refractivity contribution in [1.29, 1.82) is 0 Å². The molecule has 0 spiro atoms. The summed E-state index contributed by atoms with van der Waals surface area (Å²) in [5, 5.41) is 3.34. The molecule has 146 valence electrons. The maximum absolute atomic E-state index is 12.9. The third-order valence-electron chi connectivity index (χ3n) is 4.29. The van der Waals surface area contributed by atoms with Gasteiger partial charge in [0.25, 0.3) is 15.9 Å². The summed E-state index contributed by atoms with van der Waals surface area (Å²) in [6.07, 6.45) is 0.884. The van der Waals surface area contributed by atoms with E-state index in [4.69, 9.17) is 11.6 Å². The van der Waals surface area contributed by atoms with Gasteiger partial charge in [-0.25, -0.2) is 8.42 Å². The van der Waals surface area contributed by atoms with Gasteiger partial charge >= 0.3 is 0 Å². The Bertz CT molecular complexity index is 909. The normalized spacial score (nSPS) is 11.5. The third kappa shape index (κ3) is 5.23. The quantitative estimate of drug-likeness (QED) is 0.744. The predicted molar refractivity (Wildman–Crippen MR) is 110 cm³/mol. The highest BCUT2D eigenvalue weighted by Gasteiger charge is 2.23. The van der Waals surface area contributed by atoms with Crippen LogP contribution in [0.3, 0.4) is 0 Å². The Balaban J connectivity index is 2.29. The molecule has 0 aliphatic carbocycles. The van der Waals surface area contributed by atoms with Crippen LogP contribution < -0.4 is 9.62 Å². The summed E-state index contributed by atoms with van der Waals surface area (Å²) >= 11 is 5.85. The molecule has 0 heterocycles. The highest BCUT2D eigenvalue weighted by Crippen LogP contribution is 2.27. The molecule has 0 saturated carbocycles. The Morgan fingerprint density at radius 1 is 1.15 bits per heavy atom. The Kier molecular flexibility index (Phi) is 6.89. The van der Waals surface area contributed by atoms with E-state index in [1.54, 1.807) is 18.2 Å². The fourth-order valence-corrected chi connectivity index (χ4v) is 3.94. The molecule has 5 nitrogen and oxygen atoms in total. The minimum absolute atomic E-state index is 0.139. The van der Waals surface area contributed by atoms with Crippen molar-refractivity contribution in [2.45, 2.75) is 32.1 Å². The first kappa shape index (κ1) is 21.3. The van der Waals surface area contributed by atoms with Gasteiger partial charge in [-0.1, -0.05) is 31.5 Å². The number of carbonyl (C=O) groups excluding carboxylic acids is 1. The second-order valence-electron chi connectivity index (χ2n) is 6.87. The lowest BCUT2D eigenvalue weighted by molar-refractivity contribution is 0.0952. The van der Waals surface area contributed by atoms with Gasteiger partial charge in [-0.05, 0) is 61.2 Å². The first-order chi connectivity index (χ1) is 12.6. The molecule has 0 aromatic heterocycles. The predicted octanol–water partition coefficient (Wildman–Crippen LogP) is 4.25. The number of aryl methyl sites for hydroxylation is 1. The summed E-state index contributed by atoms with van der Waals surface area (Å²) < 4.78 is 27.0. The first-order valence-electron chi connectivity index (χ1n) is 8.76. The topological polar surface area (TPSA) is 66.5 Å². The highest BCUT2D eigenvalue weighted by atomic mass is 35.5. The van der Waals surface area contributed by atoms with Crippen LogP contribution in [0.1, 0.15) is 36.2 Å². The van der Waals surface area contributed by atoms with E-state index in [2.05, 4.69) is 19.2 Å². The van der Waals surface area contributed by atoms with Gasteiger partial charge in [0.1, 0.15) is 0 Å². The summed E-state index contributed by atoms with van der Waals surface area (Å²) in [6.45, 7) is 6.57. The SMILES string of the molecule is Cc1ccc(C(=O)NCCC(C)C)cc1N(C)S(=O)(=O)c1ccc(Cl)cc1. The van der Waals surface area contributed by atoms with Crippen molar-refractivity contribution in [2.75, 3.05) is 17.9 Å². The molecule has 27 heavy (non-hydrogen) atoms. The van der Waals surface area contributed by atoms with E-state index in [0.29, 0.717) is 28.7 Å². The van der Waals surface area contributed by atoms with Crippen LogP contribution in [0, 0.1) is 12.8 Å². The van der Waals surface area contributed by atoms with Crippen LogP contribution in [0.4, 0.5) is 5.69 Å². The lowest BCUT2D eigenvalue weighted by Crippen LogP contribution is -2.28. The van der Waals surface area contributed by atoms with E-state index in [1.165, 1.54) is 35.6 Å². The smallest absolute Gasteiger partial charge is 0.264 e. The molecule has 0 aliphatic rings. The average Bonchev–Trinajstić information content (AvgIpc) is 2.61. The minimum atomic E-state index is -3.76. The van der Waals surface area contributed by atoms with Gasteiger partial charge in [-0.2, -0.15) is 0 Å². The Labute approximate surface area is 166 Å². The minimum Gasteiger partial charge on any atom is -0.352 e. The van der Waals surface area contributed by atoms with E-state index in [-0.39, 0.29) is 10.8 Å². The maximum atomic E-state index is 12.9. The number of hydrogen-bond acceptors (Lipinski definition) is 3. The van der Waals surface area contributed by atoms with E-state index < -0.39 is 10.0 Å². The molecule has 0 aliphatic heterocycles. The van der Waals surface area contributed by atoms with Crippen molar-refractivity contribution >= 4 is 33.2 Å². The number of amides is 1. The molecular weight excluding hydrogens is 384 g/mol. The lowest BCUT2D eigenvalue weighted by atomic mass is 10.1. The van der Waals surface area contributed by atoms with Crippen molar-refractivity contribution in [3.05, 3.63) is 58.6 Å². The second-order valence-corrected chi connectivity index (χ2v) is 9.27. The zero-order valence-electron chi connectivity index (χ0n) is 16.0. The summed E-state index contributed by atoms with van der Waals surface area (Å²) in [7, 11) is -2.28. The van der Waals surface area contributed by atoms with E-state index in [0.717, 1.165) is 12.0 Å². The summed E-state index contributed by atoms with van der Waals surface area (Å²) in [5.74, 6) is 0.281. The van der Waals surface area contributed by atoms with Crippen molar-refractivity contribution < 1.29 is 13.2 Å². The van der Waals surface area contributed by atoms with Crippen LogP contribution in [0.5, 0.6) is 0 Å². The van der Waals surface area contributed by atoms with E-state index in [1.807, 2.05) is 6.92 Å². The maximum Gasteiger partial charge on any atom is 0.264 e. The number of anilines is 1. The summed E-state index contributed by atoms with van der Waals surface area (Å²) in [5.41, 5.74) is 1.65. The molecule has 7 heteroatoms. The molecule has 1 amide bonds. The monoisotopic (exact) mass is 408 g/mol. The van der Waals surface area contributed by atoms with Gasteiger partial charge in [-0.3, -0.25) is 9.10 Å². The molecule has 0 unspecified atom stereocenters. The number of hydrogen-bond donors (Lipinski definition) is 1. The standard InChI is InChI=1S/C20H25ClN2O3S/c1-14(2)11-12-22-20(24)16-6-5-15(3)19(13-16)23(4)27(25,26)18-9-7-17(21)8-10-18/h5-10,13-14H,11-12H2,1-4H3,(H,22,24). The van der Waals surface area contributed by atoms with Crippen molar-refractivity contribution in [2.24, 2.45) is 5.92 Å². The number of rotatable bonds is 7. The van der Waals surface area contributed by atoms with Gasteiger partial charge < -0.3 is 5.32 Å². The Morgan fingerprint density at radius 3 is 2.37 bits per heavy atom. The lowest BCUT2D eigenvalue weighted by Gasteiger charge is -2.22. The van der Waals surface area contributed by atoms with Crippen LogP contribution in [-0.2, 0) is 10.0 Å². The van der Waals surface area contributed by atoms with Crippen LogP contribution >= 0.6 is 11.6 Å². The number of benzene rings is 2. The average molecular weight is 409 g/mol. The van der Waals surface area contributed by atoms with Gasteiger partial charge in [-0.15, -0.1) is 0 Å². The summed E-state index contributed by atoms with van der Waals surface area (Å²) in [6, 6.07) is 11.1. The molecule has 0 bridgehead atoms. The third-order valence-corrected chi connectivity index (χ3v) is 6.33. The molecule has 0 saturated heterocycles.